The molecular weight excluding hydrogens is 512 g/mol. The summed E-state index contributed by atoms with van der Waals surface area (Å²) in [6, 6.07) is 16.7. The lowest BCUT2D eigenvalue weighted by Gasteiger charge is -2.32. The van der Waals surface area contributed by atoms with Crippen molar-refractivity contribution in [1.82, 2.24) is 10.2 Å². The first-order valence-corrected chi connectivity index (χ1v) is 13.6. The maximum absolute atomic E-state index is 13.7. The number of nitrogens with one attached hydrogen (secondary N) is 1. The number of rotatable bonds is 11. The quantitative estimate of drug-likeness (QED) is 0.386. The van der Waals surface area contributed by atoms with Gasteiger partial charge in [0.2, 0.25) is 11.8 Å². The summed E-state index contributed by atoms with van der Waals surface area (Å²) in [5.41, 5.74) is 0.643. The molecule has 0 aliphatic carbocycles. The number of amides is 2. The smallest absolute Gasteiger partial charge is 0.264 e. The largest absolute Gasteiger partial charge is 0.352 e. The van der Waals surface area contributed by atoms with Crippen molar-refractivity contribution in [3.63, 3.8) is 0 Å². The van der Waals surface area contributed by atoms with Crippen LogP contribution in [0.15, 0.2) is 83.8 Å². The van der Waals surface area contributed by atoms with Gasteiger partial charge in [0.15, 0.2) is 0 Å². The molecule has 38 heavy (non-hydrogen) atoms. The Morgan fingerprint density at radius 1 is 0.868 bits per heavy atom. The first-order valence-electron chi connectivity index (χ1n) is 12.2. The number of carbonyl (C=O) groups excluding carboxylic acids is 2. The van der Waals surface area contributed by atoms with Crippen LogP contribution >= 0.6 is 0 Å². The molecule has 0 fully saturated rings. The Morgan fingerprint density at radius 3 is 1.97 bits per heavy atom. The van der Waals surface area contributed by atoms with E-state index >= 15 is 0 Å². The van der Waals surface area contributed by atoms with Gasteiger partial charge >= 0.3 is 0 Å². The highest BCUT2D eigenvalue weighted by Crippen LogP contribution is 2.25. The Balaban J connectivity index is 2.00. The highest BCUT2D eigenvalue weighted by atomic mass is 32.2. The predicted octanol–water partition coefficient (Wildman–Crippen LogP) is 4.49. The van der Waals surface area contributed by atoms with Crippen molar-refractivity contribution >= 4 is 27.5 Å². The highest BCUT2D eigenvalue weighted by Gasteiger charge is 2.32. The molecule has 0 aliphatic heterocycles. The molecule has 0 bridgehead atoms. The molecule has 0 spiro atoms. The summed E-state index contributed by atoms with van der Waals surface area (Å²) in [6.45, 7) is 4.58. The summed E-state index contributed by atoms with van der Waals surface area (Å²) < 4.78 is 55.2. The second-order valence-electron chi connectivity index (χ2n) is 8.94. The summed E-state index contributed by atoms with van der Waals surface area (Å²) in [5.74, 6) is -2.09. The van der Waals surface area contributed by atoms with E-state index in [1.54, 1.807) is 25.1 Å². The van der Waals surface area contributed by atoms with Gasteiger partial charge in [0, 0.05) is 12.6 Å². The maximum Gasteiger partial charge on any atom is 0.264 e. The fourth-order valence-corrected chi connectivity index (χ4v) is 5.13. The molecule has 202 valence electrons. The number of hydrogen-bond acceptors (Lipinski definition) is 4. The van der Waals surface area contributed by atoms with E-state index in [2.05, 4.69) is 5.32 Å². The summed E-state index contributed by atoms with van der Waals surface area (Å²) in [5, 5.41) is 2.84. The number of anilines is 1. The molecule has 0 unspecified atom stereocenters. The first-order chi connectivity index (χ1) is 18.0. The van der Waals surface area contributed by atoms with Crippen molar-refractivity contribution in [2.24, 2.45) is 0 Å². The van der Waals surface area contributed by atoms with Crippen molar-refractivity contribution in [1.29, 1.82) is 0 Å². The monoisotopic (exact) mass is 543 g/mol. The SMILES string of the molecule is CC[C@H](C)NC(=O)[C@H](C)N(Cc1ccc(F)cc1)C(=O)CN(c1ccc(F)cc1)S(=O)(=O)c1ccccc1. The molecule has 0 heterocycles. The van der Waals surface area contributed by atoms with E-state index in [-0.39, 0.29) is 23.2 Å². The lowest BCUT2D eigenvalue weighted by molar-refractivity contribution is -0.139. The Labute approximate surface area is 222 Å². The van der Waals surface area contributed by atoms with Crippen LogP contribution < -0.4 is 9.62 Å². The maximum atomic E-state index is 13.7. The van der Waals surface area contributed by atoms with E-state index in [1.165, 1.54) is 53.4 Å². The zero-order valence-electron chi connectivity index (χ0n) is 21.5. The van der Waals surface area contributed by atoms with E-state index in [9.17, 15) is 26.8 Å². The fraction of sp³-hybridized carbons (Fsp3) is 0.286. The van der Waals surface area contributed by atoms with Crippen LogP contribution in [-0.4, -0.2) is 43.8 Å². The summed E-state index contributed by atoms with van der Waals surface area (Å²) in [4.78, 5) is 27.9. The molecule has 0 aromatic heterocycles. The van der Waals surface area contributed by atoms with E-state index < -0.39 is 46.1 Å². The highest BCUT2D eigenvalue weighted by molar-refractivity contribution is 7.92. The minimum absolute atomic E-state index is 0.0511. The van der Waals surface area contributed by atoms with Gasteiger partial charge < -0.3 is 10.2 Å². The summed E-state index contributed by atoms with van der Waals surface area (Å²) in [6.07, 6.45) is 0.679. The van der Waals surface area contributed by atoms with Crippen molar-refractivity contribution < 1.29 is 26.8 Å². The number of carbonyl (C=O) groups is 2. The molecule has 0 radical (unpaired) electrons. The molecule has 2 amide bonds. The van der Waals surface area contributed by atoms with Gasteiger partial charge in [-0.1, -0.05) is 37.3 Å². The molecule has 3 aromatic rings. The Bertz CT molecular complexity index is 1330. The molecule has 10 heteroatoms. The Kier molecular flexibility index (Phi) is 9.57. The van der Waals surface area contributed by atoms with Crippen LogP contribution in [0.2, 0.25) is 0 Å². The topological polar surface area (TPSA) is 86.8 Å². The molecular formula is C28H31F2N3O4S. The van der Waals surface area contributed by atoms with Gasteiger partial charge in [0.1, 0.15) is 24.2 Å². The molecule has 2 atom stereocenters. The molecule has 3 rings (SSSR count). The fourth-order valence-electron chi connectivity index (χ4n) is 3.69. The van der Waals surface area contributed by atoms with Crippen LogP contribution in [0.1, 0.15) is 32.8 Å². The lowest BCUT2D eigenvalue weighted by atomic mass is 10.1. The summed E-state index contributed by atoms with van der Waals surface area (Å²) in [7, 11) is -4.23. The van der Waals surface area contributed by atoms with E-state index in [0.717, 1.165) is 16.4 Å². The normalized spacial score (nSPS) is 12.9. The number of halogens is 2. The van der Waals surface area contributed by atoms with Crippen LogP contribution in [-0.2, 0) is 26.2 Å². The molecule has 7 nitrogen and oxygen atoms in total. The van der Waals surface area contributed by atoms with Crippen LogP contribution in [0.5, 0.6) is 0 Å². The number of nitrogens with zero attached hydrogens (tertiary/aromatic N) is 2. The third-order valence-electron chi connectivity index (χ3n) is 6.16. The number of sulfonamides is 1. The van der Waals surface area contributed by atoms with Gasteiger partial charge in [-0.2, -0.15) is 0 Å². The van der Waals surface area contributed by atoms with Gasteiger partial charge in [-0.3, -0.25) is 13.9 Å². The van der Waals surface area contributed by atoms with E-state index in [1.807, 2.05) is 13.8 Å². The Hall–Kier alpha value is -3.79. The average molecular weight is 544 g/mol. The van der Waals surface area contributed by atoms with Gasteiger partial charge in [0.05, 0.1) is 10.6 Å². The molecule has 0 saturated carbocycles. The van der Waals surface area contributed by atoms with Gasteiger partial charge in [-0.25, -0.2) is 17.2 Å². The van der Waals surface area contributed by atoms with Gasteiger partial charge in [0.25, 0.3) is 10.0 Å². The standard InChI is InChI=1S/C28H31F2N3O4S/c1-4-20(2)31-28(35)21(3)32(18-22-10-12-23(29)13-11-22)27(34)19-33(25-16-14-24(30)15-17-25)38(36,37)26-8-6-5-7-9-26/h5-17,20-21H,4,18-19H2,1-3H3,(H,31,35)/t20-,21-/m0/s1. The molecule has 1 N–H and O–H groups in total. The number of benzene rings is 3. The third-order valence-corrected chi connectivity index (χ3v) is 7.95. The van der Waals surface area contributed by atoms with E-state index in [4.69, 9.17) is 0 Å². The van der Waals surface area contributed by atoms with E-state index in [0.29, 0.717) is 12.0 Å². The van der Waals surface area contributed by atoms with Gasteiger partial charge in [-0.05, 0) is 74.4 Å². The first kappa shape index (κ1) is 28.8. The minimum atomic E-state index is -4.23. The number of hydrogen-bond donors (Lipinski definition) is 1. The second-order valence-corrected chi connectivity index (χ2v) is 10.8. The summed E-state index contributed by atoms with van der Waals surface area (Å²) >= 11 is 0. The van der Waals surface area contributed by atoms with Gasteiger partial charge in [-0.15, -0.1) is 0 Å². The molecule has 0 aliphatic rings. The predicted molar refractivity (Wildman–Crippen MR) is 142 cm³/mol. The van der Waals surface area contributed by atoms with Crippen molar-refractivity contribution in [3.8, 4) is 0 Å². The van der Waals surface area contributed by atoms with Crippen LogP contribution in [0.4, 0.5) is 14.5 Å². The third kappa shape index (κ3) is 7.16. The Morgan fingerprint density at radius 2 is 1.42 bits per heavy atom. The van der Waals surface area contributed by atoms with Crippen LogP contribution in [0.3, 0.4) is 0 Å². The van der Waals surface area contributed by atoms with Crippen molar-refractivity contribution in [3.05, 3.63) is 96.1 Å². The van der Waals surface area contributed by atoms with Crippen LogP contribution in [0.25, 0.3) is 0 Å². The van der Waals surface area contributed by atoms with Crippen molar-refractivity contribution in [2.75, 3.05) is 10.8 Å². The zero-order valence-corrected chi connectivity index (χ0v) is 22.3. The van der Waals surface area contributed by atoms with Crippen molar-refractivity contribution in [2.45, 2.75) is 50.7 Å². The zero-order chi connectivity index (χ0) is 27.9. The average Bonchev–Trinajstić information content (AvgIpc) is 2.91. The molecule has 0 saturated heterocycles. The molecule has 3 aromatic carbocycles. The lowest BCUT2D eigenvalue weighted by Crippen LogP contribution is -2.52. The van der Waals surface area contributed by atoms with Crippen LogP contribution in [0, 0.1) is 11.6 Å². The minimum Gasteiger partial charge on any atom is -0.352 e. The second kappa shape index (κ2) is 12.6.